The molecule has 0 aromatic rings. The molecule has 0 spiro atoms. The quantitative estimate of drug-likeness (QED) is 0.634. The molecule has 2 aliphatic rings. The molecule has 0 amide bonds. The summed E-state index contributed by atoms with van der Waals surface area (Å²) in [6.45, 7) is 2.68. The summed E-state index contributed by atoms with van der Waals surface area (Å²) in [6, 6.07) is 0.958. The average molecular weight is 171 g/mol. The van der Waals surface area contributed by atoms with Gasteiger partial charge in [-0.1, -0.05) is 0 Å². The number of fused-ring (bicyclic) bond motifs is 2. The second-order valence-electron chi connectivity index (χ2n) is 3.90. The van der Waals surface area contributed by atoms with Crippen molar-refractivity contribution in [2.24, 2.45) is 5.92 Å². The molecule has 64 valence electrons. The summed E-state index contributed by atoms with van der Waals surface area (Å²) in [6.07, 6.45) is 5.73. The molecule has 1 aliphatic heterocycles. The minimum absolute atomic E-state index is 0.958. The molecule has 2 rings (SSSR count). The number of rotatable bonds is 3. The van der Waals surface area contributed by atoms with Crippen molar-refractivity contribution < 1.29 is 0 Å². The molecule has 0 aromatic carbocycles. The van der Waals surface area contributed by atoms with Gasteiger partial charge in [-0.05, 0) is 43.9 Å². The first-order valence-corrected chi connectivity index (χ1v) is 5.38. The predicted molar refractivity (Wildman–Crippen MR) is 51.2 cm³/mol. The van der Waals surface area contributed by atoms with Crippen LogP contribution in [-0.2, 0) is 0 Å². The van der Waals surface area contributed by atoms with Gasteiger partial charge in [0.15, 0.2) is 0 Å². The van der Waals surface area contributed by atoms with Crippen molar-refractivity contribution in [3.05, 3.63) is 0 Å². The SMILES string of the molecule is SCCCN1CC2CCC1C2. The van der Waals surface area contributed by atoms with Crippen molar-refractivity contribution in [3.63, 3.8) is 0 Å². The van der Waals surface area contributed by atoms with E-state index in [0.717, 1.165) is 17.7 Å². The van der Waals surface area contributed by atoms with Crippen molar-refractivity contribution in [1.82, 2.24) is 4.90 Å². The largest absolute Gasteiger partial charge is 0.300 e. The maximum atomic E-state index is 4.24. The van der Waals surface area contributed by atoms with Gasteiger partial charge in [0.25, 0.3) is 0 Å². The summed E-state index contributed by atoms with van der Waals surface area (Å²) < 4.78 is 0. The first-order valence-electron chi connectivity index (χ1n) is 4.75. The van der Waals surface area contributed by atoms with Crippen LogP contribution in [0.15, 0.2) is 0 Å². The Balaban J connectivity index is 1.78. The molecule has 1 nitrogen and oxygen atoms in total. The Bertz CT molecular complexity index is 138. The highest BCUT2D eigenvalue weighted by Gasteiger charge is 2.36. The van der Waals surface area contributed by atoms with Gasteiger partial charge >= 0.3 is 0 Å². The molecule has 0 N–H and O–H groups in total. The van der Waals surface area contributed by atoms with E-state index in [2.05, 4.69) is 17.5 Å². The van der Waals surface area contributed by atoms with Gasteiger partial charge in [0.05, 0.1) is 0 Å². The molecule has 1 saturated carbocycles. The number of hydrogen-bond donors (Lipinski definition) is 1. The fourth-order valence-electron chi connectivity index (χ4n) is 2.57. The van der Waals surface area contributed by atoms with Crippen LogP contribution in [-0.4, -0.2) is 29.8 Å². The van der Waals surface area contributed by atoms with Crippen LogP contribution in [0.2, 0.25) is 0 Å². The zero-order chi connectivity index (χ0) is 7.68. The Hall–Kier alpha value is 0.310. The smallest absolute Gasteiger partial charge is 0.00986 e. The highest BCUT2D eigenvalue weighted by Crippen LogP contribution is 2.37. The molecule has 1 aliphatic carbocycles. The van der Waals surface area contributed by atoms with Gasteiger partial charge in [-0.2, -0.15) is 12.6 Å². The lowest BCUT2D eigenvalue weighted by Gasteiger charge is -2.26. The summed E-state index contributed by atoms with van der Waals surface area (Å²) in [7, 11) is 0. The molecular formula is C9H17NS. The van der Waals surface area contributed by atoms with Gasteiger partial charge in [0.1, 0.15) is 0 Å². The van der Waals surface area contributed by atoms with E-state index < -0.39 is 0 Å². The van der Waals surface area contributed by atoms with E-state index >= 15 is 0 Å². The molecule has 1 heterocycles. The maximum absolute atomic E-state index is 4.24. The number of thiol groups is 1. The normalized spacial score (nSPS) is 36.8. The van der Waals surface area contributed by atoms with E-state index in [-0.39, 0.29) is 0 Å². The first kappa shape index (κ1) is 7.93. The molecule has 2 atom stereocenters. The fourth-order valence-corrected chi connectivity index (χ4v) is 2.72. The van der Waals surface area contributed by atoms with Crippen molar-refractivity contribution in [2.45, 2.75) is 31.7 Å². The number of hydrogen-bond acceptors (Lipinski definition) is 2. The van der Waals surface area contributed by atoms with Crippen LogP contribution in [0.4, 0.5) is 0 Å². The highest BCUT2D eigenvalue weighted by molar-refractivity contribution is 7.80. The lowest BCUT2D eigenvalue weighted by Crippen LogP contribution is -2.32. The van der Waals surface area contributed by atoms with E-state index in [1.807, 2.05) is 0 Å². The number of likely N-dealkylation sites (tertiary alicyclic amines) is 1. The molecule has 0 radical (unpaired) electrons. The van der Waals surface area contributed by atoms with Gasteiger partial charge in [0, 0.05) is 12.6 Å². The van der Waals surface area contributed by atoms with Gasteiger partial charge in [0.2, 0.25) is 0 Å². The molecule has 1 saturated heterocycles. The summed E-state index contributed by atoms with van der Waals surface area (Å²) in [5, 5.41) is 0. The van der Waals surface area contributed by atoms with Gasteiger partial charge in [-0.25, -0.2) is 0 Å². The topological polar surface area (TPSA) is 3.24 Å². The summed E-state index contributed by atoms with van der Waals surface area (Å²) in [5.74, 6) is 2.10. The van der Waals surface area contributed by atoms with Gasteiger partial charge in [-0.15, -0.1) is 0 Å². The maximum Gasteiger partial charge on any atom is 0.00986 e. The Morgan fingerprint density at radius 3 is 2.82 bits per heavy atom. The molecule has 2 heteroatoms. The van der Waals surface area contributed by atoms with Crippen molar-refractivity contribution in [2.75, 3.05) is 18.8 Å². The van der Waals surface area contributed by atoms with E-state index in [1.54, 1.807) is 0 Å². The minimum Gasteiger partial charge on any atom is -0.300 e. The lowest BCUT2D eigenvalue weighted by atomic mass is 10.1. The second kappa shape index (κ2) is 3.36. The number of piperidine rings is 1. The molecule has 2 unspecified atom stereocenters. The third-order valence-electron chi connectivity index (χ3n) is 3.13. The molecular weight excluding hydrogens is 154 g/mol. The van der Waals surface area contributed by atoms with Crippen LogP contribution in [0.5, 0.6) is 0 Å². The summed E-state index contributed by atoms with van der Waals surface area (Å²) in [4.78, 5) is 2.67. The Labute approximate surface area is 74.6 Å². The zero-order valence-corrected chi connectivity index (χ0v) is 7.89. The van der Waals surface area contributed by atoms with Crippen molar-refractivity contribution in [3.8, 4) is 0 Å². The predicted octanol–water partition coefficient (Wildman–Crippen LogP) is 1.79. The van der Waals surface area contributed by atoms with Crippen LogP contribution < -0.4 is 0 Å². The van der Waals surface area contributed by atoms with Crippen molar-refractivity contribution >= 4 is 12.6 Å². The van der Waals surface area contributed by atoms with Crippen LogP contribution in [0.3, 0.4) is 0 Å². The van der Waals surface area contributed by atoms with E-state index in [1.165, 1.54) is 38.8 Å². The Morgan fingerprint density at radius 1 is 1.36 bits per heavy atom. The lowest BCUT2D eigenvalue weighted by molar-refractivity contribution is 0.215. The second-order valence-corrected chi connectivity index (χ2v) is 4.35. The third kappa shape index (κ3) is 1.57. The van der Waals surface area contributed by atoms with Gasteiger partial charge in [-0.3, -0.25) is 0 Å². The van der Waals surface area contributed by atoms with E-state index in [9.17, 15) is 0 Å². The van der Waals surface area contributed by atoms with Crippen LogP contribution in [0.25, 0.3) is 0 Å². The Morgan fingerprint density at radius 2 is 2.27 bits per heavy atom. The van der Waals surface area contributed by atoms with Crippen LogP contribution in [0.1, 0.15) is 25.7 Å². The third-order valence-corrected chi connectivity index (χ3v) is 3.44. The van der Waals surface area contributed by atoms with Gasteiger partial charge < -0.3 is 4.90 Å². The highest BCUT2D eigenvalue weighted by atomic mass is 32.1. The Kier molecular flexibility index (Phi) is 2.42. The minimum atomic E-state index is 0.958. The average Bonchev–Trinajstić information content (AvgIpc) is 2.60. The standard InChI is InChI=1S/C9H17NS/c11-5-1-4-10-7-8-2-3-9(10)6-8/h8-9,11H,1-7H2. The zero-order valence-electron chi connectivity index (χ0n) is 7.00. The molecule has 2 fully saturated rings. The van der Waals surface area contributed by atoms with E-state index in [0.29, 0.717) is 0 Å². The fraction of sp³-hybridized carbons (Fsp3) is 1.00. The molecule has 0 aromatic heterocycles. The summed E-state index contributed by atoms with van der Waals surface area (Å²) in [5.41, 5.74) is 0. The molecule has 2 bridgehead atoms. The monoisotopic (exact) mass is 171 g/mol. The first-order chi connectivity index (χ1) is 5.40. The summed E-state index contributed by atoms with van der Waals surface area (Å²) >= 11 is 4.24. The van der Waals surface area contributed by atoms with Crippen LogP contribution in [0, 0.1) is 5.92 Å². The molecule has 11 heavy (non-hydrogen) atoms. The number of nitrogens with zero attached hydrogens (tertiary/aromatic N) is 1. The van der Waals surface area contributed by atoms with Crippen LogP contribution >= 0.6 is 12.6 Å². The van der Waals surface area contributed by atoms with Crippen molar-refractivity contribution in [1.29, 1.82) is 0 Å². The van der Waals surface area contributed by atoms with E-state index in [4.69, 9.17) is 0 Å².